The van der Waals surface area contributed by atoms with Gasteiger partial charge in [0.1, 0.15) is 47.7 Å². The Hall–Kier alpha value is -9.22. The lowest BCUT2D eigenvalue weighted by Crippen LogP contribution is -2.26. The molecule has 0 saturated carbocycles. The predicted molar refractivity (Wildman–Crippen MR) is 322 cm³/mol. The maximum Gasteiger partial charge on any atom is 0.340 e. The highest BCUT2D eigenvalue weighted by atomic mass is 16.6. The van der Waals surface area contributed by atoms with Crippen LogP contribution in [0.1, 0.15) is 84.0 Å². The molecule has 0 heterocycles. The molecule has 12 N–H and O–H groups in total. The quantitative estimate of drug-likeness (QED) is 0.00967. The SMILES string of the molecule is CC(OCCCCCC(=O)Oc1ccc(N)cc1)C(=O)Oc1ccc(N)cc1.Nc1ccc(OC(=O)CCCCCOCC(=O)Oc2ccc(N)cc2)cc1.Nc1ccc(OC(=O)CCCCCOCCOCC(=O)Oc2ccc(N)cc2)cc1. The standard InChI is InChI=1S/C22H28N2O6.C21H26N2O5.C20H24N2O5/c23-17-5-9-19(10-6-17)29-21(25)4-2-1-3-13-27-14-15-28-16-22(26)30-20-11-7-18(24)8-12-20;1-15(21(25)28-19-12-8-17(23)9-13-19)26-14-4-2-3-5-20(24)27-18-10-6-16(22)7-11-18;21-15-5-9-17(10-6-15)26-19(23)4-2-1-3-13-25-14-20(24)27-18-11-7-16(22)8-12-18/h5-12H,1-4,13-16,23-24H2;6-13,15H,2-5,14,22-23H2,1H3;5-12H,1-4,13-14,21-22H2. The van der Waals surface area contributed by atoms with E-state index >= 15 is 0 Å². The van der Waals surface area contributed by atoms with E-state index in [1.54, 1.807) is 153 Å². The second kappa shape index (κ2) is 40.1. The van der Waals surface area contributed by atoms with Crippen molar-refractivity contribution in [2.24, 2.45) is 0 Å². The van der Waals surface area contributed by atoms with Crippen molar-refractivity contribution < 1.29 is 76.1 Å². The van der Waals surface area contributed by atoms with E-state index in [-0.39, 0.29) is 31.1 Å². The molecule has 0 bridgehead atoms. The summed E-state index contributed by atoms with van der Waals surface area (Å²) < 4.78 is 52.5. The fraction of sp³-hybridized carbons (Fsp3) is 0.333. The number of hydrogen-bond donors (Lipinski definition) is 6. The zero-order valence-electron chi connectivity index (χ0n) is 47.9. The first-order valence-electron chi connectivity index (χ1n) is 27.7. The maximum absolute atomic E-state index is 12.0. The van der Waals surface area contributed by atoms with Gasteiger partial charge in [0.05, 0.1) is 13.2 Å². The fourth-order valence-corrected chi connectivity index (χ4v) is 6.99. The number of esters is 6. The van der Waals surface area contributed by atoms with Crippen LogP contribution in [0.5, 0.6) is 34.5 Å². The predicted octanol–water partition coefficient (Wildman–Crippen LogP) is 9.22. The van der Waals surface area contributed by atoms with Gasteiger partial charge in [-0.05, 0) is 191 Å². The largest absolute Gasteiger partial charge is 0.427 e. The molecule has 0 saturated heterocycles. The minimum absolute atomic E-state index is 0.121. The molecule has 1 unspecified atom stereocenters. The monoisotopic (exact) mass is 1170 g/mol. The highest BCUT2D eigenvalue weighted by molar-refractivity contribution is 5.77. The summed E-state index contributed by atoms with van der Waals surface area (Å²) in [6.45, 7) is 3.44. The minimum Gasteiger partial charge on any atom is -0.427 e. The van der Waals surface area contributed by atoms with Crippen LogP contribution in [-0.2, 0) is 47.7 Å². The summed E-state index contributed by atoms with van der Waals surface area (Å²) in [5.74, 6) is 0.495. The fourth-order valence-electron chi connectivity index (χ4n) is 6.99. The van der Waals surface area contributed by atoms with Gasteiger partial charge in [0.15, 0.2) is 6.10 Å². The van der Waals surface area contributed by atoms with Crippen LogP contribution in [0.3, 0.4) is 0 Å². The average molecular weight is 1180 g/mol. The lowest BCUT2D eigenvalue weighted by atomic mass is 10.2. The van der Waals surface area contributed by atoms with Crippen LogP contribution in [-0.4, -0.2) is 88.2 Å². The Balaban J connectivity index is 0.000000274. The highest BCUT2D eigenvalue weighted by Gasteiger charge is 2.16. The first-order valence-corrected chi connectivity index (χ1v) is 27.7. The molecule has 0 amide bonds. The van der Waals surface area contributed by atoms with E-state index in [2.05, 4.69) is 0 Å². The molecule has 6 rings (SSSR count). The lowest BCUT2D eigenvalue weighted by molar-refractivity contribution is -0.146. The Morgan fingerprint density at radius 2 is 0.541 bits per heavy atom. The summed E-state index contributed by atoms with van der Waals surface area (Å²) in [5, 5.41) is 0. The molecular formula is C63H78N6O16. The summed E-state index contributed by atoms with van der Waals surface area (Å²) >= 11 is 0. The molecule has 0 aliphatic heterocycles. The second-order valence-electron chi connectivity index (χ2n) is 18.9. The number of hydrogen-bond acceptors (Lipinski definition) is 22. The van der Waals surface area contributed by atoms with Crippen LogP contribution < -0.4 is 62.8 Å². The van der Waals surface area contributed by atoms with Gasteiger partial charge in [-0.15, -0.1) is 0 Å². The first-order chi connectivity index (χ1) is 41.0. The summed E-state index contributed by atoms with van der Waals surface area (Å²) in [7, 11) is 0. The van der Waals surface area contributed by atoms with Crippen molar-refractivity contribution in [2.75, 3.05) is 80.7 Å². The van der Waals surface area contributed by atoms with E-state index in [0.29, 0.717) is 134 Å². The Labute approximate surface area is 495 Å². The average Bonchev–Trinajstić information content (AvgIpc) is 3.51. The number of rotatable bonds is 33. The van der Waals surface area contributed by atoms with E-state index in [1.807, 2.05) is 0 Å². The lowest BCUT2D eigenvalue weighted by Gasteiger charge is -2.12. The molecule has 456 valence electrons. The minimum atomic E-state index is -0.673. The molecule has 6 aromatic rings. The Kier molecular flexibility index (Phi) is 32.2. The zero-order valence-corrected chi connectivity index (χ0v) is 47.9. The summed E-state index contributed by atoms with van der Waals surface area (Å²) in [6, 6.07) is 39.7. The third-order valence-corrected chi connectivity index (χ3v) is 11.5. The van der Waals surface area contributed by atoms with Gasteiger partial charge in [0.2, 0.25) is 0 Å². The number of ether oxygens (including phenoxy) is 10. The van der Waals surface area contributed by atoms with Gasteiger partial charge in [-0.2, -0.15) is 0 Å². The van der Waals surface area contributed by atoms with Crippen LogP contribution >= 0.6 is 0 Å². The number of nitrogens with two attached hydrogens (primary N) is 6. The number of benzene rings is 6. The molecule has 0 aliphatic carbocycles. The molecule has 0 spiro atoms. The third kappa shape index (κ3) is 32.3. The van der Waals surface area contributed by atoms with E-state index < -0.39 is 24.0 Å². The normalized spacial score (nSPS) is 10.8. The van der Waals surface area contributed by atoms with Crippen molar-refractivity contribution in [3.8, 4) is 34.5 Å². The molecule has 0 aromatic heterocycles. The van der Waals surface area contributed by atoms with Gasteiger partial charge < -0.3 is 81.8 Å². The maximum atomic E-state index is 12.0. The van der Waals surface area contributed by atoms with Crippen LogP contribution in [0.25, 0.3) is 0 Å². The van der Waals surface area contributed by atoms with E-state index in [1.165, 1.54) is 0 Å². The molecule has 22 heteroatoms. The Morgan fingerprint density at radius 1 is 0.294 bits per heavy atom. The summed E-state index contributed by atoms with van der Waals surface area (Å²) in [4.78, 5) is 70.4. The van der Waals surface area contributed by atoms with Gasteiger partial charge in [-0.3, -0.25) is 14.4 Å². The number of carbonyl (C=O) groups is 6. The molecule has 22 nitrogen and oxygen atoms in total. The number of unbranched alkanes of at least 4 members (excludes halogenated alkanes) is 6. The molecule has 0 fully saturated rings. The van der Waals surface area contributed by atoms with Crippen molar-refractivity contribution in [3.05, 3.63) is 146 Å². The molecule has 6 aromatic carbocycles. The van der Waals surface area contributed by atoms with Crippen molar-refractivity contribution in [1.29, 1.82) is 0 Å². The number of anilines is 6. The zero-order chi connectivity index (χ0) is 61.4. The van der Waals surface area contributed by atoms with Crippen LogP contribution in [0, 0.1) is 0 Å². The number of nitrogen functional groups attached to an aromatic ring is 6. The third-order valence-electron chi connectivity index (χ3n) is 11.5. The Morgan fingerprint density at radius 3 is 0.859 bits per heavy atom. The number of carbonyl (C=O) groups excluding carboxylic acids is 6. The van der Waals surface area contributed by atoms with Crippen LogP contribution in [0.2, 0.25) is 0 Å². The van der Waals surface area contributed by atoms with Gasteiger partial charge >= 0.3 is 35.8 Å². The van der Waals surface area contributed by atoms with E-state index in [4.69, 9.17) is 81.8 Å². The van der Waals surface area contributed by atoms with Gasteiger partial charge in [0.25, 0.3) is 0 Å². The molecular weight excluding hydrogens is 1100 g/mol. The highest BCUT2D eigenvalue weighted by Crippen LogP contribution is 2.20. The van der Waals surface area contributed by atoms with E-state index in [9.17, 15) is 28.8 Å². The van der Waals surface area contributed by atoms with Crippen LogP contribution in [0.15, 0.2) is 146 Å². The van der Waals surface area contributed by atoms with E-state index in [0.717, 1.165) is 44.9 Å². The first kappa shape index (κ1) is 68.3. The van der Waals surface area contributed by atoms with Gasteiger partial charge in [-0.1, -0.05) is 19.3 Å². The van der Waals surface area contributed by atoms with Gasteiger partial charge in [-0.25, -0.2) is 14.4 Å². The molecule has 0 aliphatic rings. The van der Waals surface area contributed by atoms with Crippen molar-refractivity contribution >= 4 is 69.9 Å². The second-order valence-corrected chi connectivity index (χ2v) is 18.9. The summed E-state index contributed by atoms with van der Waals surface area (Å²) in [5.41, 5.74) is 37.1. The molecule has 0 radical (unpaired) electrons. The Bertz CT molecular complexity index is 2760. The van der Waals surface area contributed by atoms with Gasteiger partial charge in [0, 0.05) is 73.2 Å². The smallest absolute Gasteiger partial charge is 0.340 e. The van der Waals surface area contributed by atoms with Crippen molar-refractivity contribution in [3.63, 3.8) is 0 Å². The topological polar surface area (TPSA) is 351 Å². The molecule has 1 atom stereocenters. The van der Waals surface area contributed by atoms with Crippen molar-refractivity contribution in [1.82, 2.24) is 0 Å². The summed E-state index contributed by atoms with van der Waals surface area (Å²) in [6.07, 6.45) is 7.15. The van der Waals surface area contributed by atoms with Crippen molar-refractivity contribution in [2.45, 2.75) is 90.1 Å². The molecule has 85 heavy (non-hydrogen) atoms. The van der Waals surface area contributed by atoms with Crippen LogP contribution in [0.4, 0.5) is 34.1 Å².